The molecule has 1 atom stereocenters. The summed E-state index contributed by atoms with van der Waals surface area (Å²) < 4.78 is 29.2. The summed E-state index contributed by atoms with van der Waals surface area (Å²) in [5.41, 5.74) is 0.682. The second-order valence-electron chi connectivity index (χ2n) is 5.95. The minimum Gasteiger partial charge on any atom is -0.479 e. The molecule has 1 aromatic rings. The summed E-state index contributed by atoms with van der Waals surface area (Å²) in [6.45, 7) is 3.79. The van der Waals surface area contributed by atoms with Crippen LogP contribution in [0.5, 0.6) is 0 Å². The molecule has 1 N–H and O–H groups in total. The van der Waals surface area contributed by atoms with Crippen molar-refractivity contribution in [3.63, 3.8) is 0 Å². The molecule has 0 aromatic heterocycles. The van der Waals surface area contributed by atoms with Crippen LogP contribution in [0.2, 0.25) is 0 Å². The Bertz CT molecular complexity index is 711. The second kappa shape index (κ2) is 7.31. The molecule has 24 heavy (non-hydrogen) atoms. The third-order valence-corrected chi connectivity index (χ3v) is 6.09. The molecule has 0 radical (unpaired) electrons. The minimum atomic E-state index is -3.34. The van der Waals surface area contributed by atoms with Crippen LogP contribution in [-0.2, 0) is 30.6 Å². The number of ether oxygens (including phenoxy) is 1. The van der Waals surface area contributed by atoms with E-state index in [1.165, 1.54) is 17.0 Å². The van der Waals surface area contributed by atoms with Crippen LogP contribution >= 0.6 is 0 Å². The molecule has 1 fully saturated rings. The lowest BCUT2D eigenvalue weighted by Crippen LogP contribution is -2.49. The number of hydrogen-bond acceptors (Lipinski definition) is 5. The molecule has 1 unspecified atom stereocenters. The van der Waals surface area contributed by atoms with Gasteiger partial charge < -0.3 is 14.7 Å². The van der Waals surface area contributed by atoms with Gasteiger partial charge in [-0.25, -0.2) is 13.2 Å². The molecule has 8 heteroatoms. The number of carboxylic acids is 1. The van der Waals surface area contributed by atoms with Crippen LogP contribution in [0.25, 0.3) is 0 Å². The Morgan fingerprint density at radius 2 is 1.92 bits per heavy atom. The predicted octanol–water partition coefficient (Wildman–Crippen LogP) is 0.723. The van der Waals surface area contributed by atoms with Gasteiger partial charge in [0.1, 0.15) is 0 Å². The van der Waals surface area contributed by atoms with Crippen molar-refractivity contribution in [1.29, 1.82) is 0 Å². The maximum atomic E-state index is 12.3. The van der Waals surface area contributed by atoms with Crippen molar-refractivity contribution in [3.8, 4) is 0 Å². The van der Waals surface area contributed by atoms with Gasteiger partial charge in [-0.2, -0.15) is 0 Å². The SMILES string of the molecule is CC(C)S(=O)(=O)c1ccc(CC(=O)N2CCOC(C(=O)O)C2)cc1. The second-order valence-corrected chi connectivity index (χ2v) is 8.46. The van der Waals surface area contributed by atoms with Crippen LogP contribution in [-0.4, -0.2) is 61.4 Å². The zero-order valence-electron chi connectivity index (χ0n) is 13.6. The van der Waals surface area contributed by atoms with Crippen molar-refractivity contribution >= 4 is 21.7 Å². The third-order valence-electron chi connectivity index (χ3n) is 3.92. The molecule has 1 amide bonds. The standard InChI is InChI=1S/C16H21NO6S/c1-11(2)24(21,22)13-5-3-12(4-6-13)9-15(18)17-7-8-23-14(10-17)16(19)20/h3-6,11,14H,7-10H2,1-2H3,(H,19,20). The van der Waals surface area contributed by atoms with E-state index in [-0.39, 0.29) is 30.4 Å². The monoisotopic (exact) mass is 355 g/mol. The van der Waals surface area contributed by atoms with E-state index in [9.17, 15) is 18.0 Å². The molecular formula is C16H21NO6S. The number of carbonyl (C=O) groups is 2. The van der Waals surface area contributed by atoms with Crippen molar-refractivity contribution in [2.75, 3.05) is 19.7 Å². The van der Waals surface area contributed by atoms with E-state index >= 15 is 0 Å². The van der Waals surface area contributed by atoms with E-state index in [0.717, 1.165) is 0 Å². The summed E-state index contributed by atoms with van der Waals surface area (Å²) in [6.07, 6.45) is -0.907. The maximum absolute atomic E-state index is 12.3. The molecule has 7 nitrogen and oxygen atoms in total. The zero-order chi connectivity index (χ0) is 17.9. The van der Waals surface area contributed by atoms with Gasteiger partial charge >= 0.3 is 5.97 Å². The topological polar surface area (TPSA) is 101 Å². The number of benzene rings is 1. The van der Waals surface area contributed by atoms with E-state index in [4.69, 9.17) is 9.84 Å². The number of morpholine rings is 1. The van der Waals surface area contributed by atoms with Crippen molar-refractivity contribution in [3.05, 3.63) is 29.8 Å². The van der Waals surface area contributed by atoms with Crippen molar-refractivity contribution < 1.29 is 27.9 Å². The number of sulfone groups is 1. The van der Waals surface area contributed by atoms with Crippen LogP contribution in [0.4, 0.5) is 0 Å². The van der Waals surface area contributed by atoms with Crippen LogP contribution in [0, 0.1) is 0 Å². The predicted molar refractivity (Wildman–Crippen MR) is 86.4 cm³/mol. The van der Waals surface area contributed by atoms with Crippen LogP contribution in [0.3, 0.4) is 0 Å². The van der Waals surface area contributed by atoms with Gasteiger partial charge in [-0.1, -0.05) is 12.1 Å². The molecule has 2 rings (SSSR count). The highest BCUT2D eigenvalue weighted by atomic mass is 32.2. The number of aliphatic carboxylic acids is 1. The lowest BCUT2D eigenvalue weighted by atomic mass is 10.1. The van der Waals surface area contributed by atoms with E-state index < -0.39 is 27.2 Å². The first-order chi connectivity index (χ1) is 11.2. The quantitative estimate of drug-likeness (QED) is 0.835. The molecule has 0 spiro atoms. The van der Waals surface area contributed by atoms with Gasteiger partial charge in [-0.05, 0) is 31.5 Å². The minimum absolute atomic E-state index is 0.0218. The lowest BCUT2D eigenvalue weighted by Gasteiger charge is -2.31. The third kappa shape index (κ3) is 4.12. The maximum Gasteiger partial charge on any atom is 0.334 e. The molecule has 1 aliphatic heterocycles. The smallest absolute Gasteiger partial charge is 0.334 e. The molecule has 0 aliphatic carbocycles. The highest BCUT2D eigenvalue weighted by molar-refractivity contribution is 7.92. The summed E-state index contributed by atoms with van der Waals surface area (Å²) in [5, 5.41) is 8.45. The van der Waals surface area contributed by atoms with Crippen LogP contribution in [0.1, 0.15) is 19.4 Å². The van der Waals surface area contributed by atoms with Gasteiger partial charge in [0.25, 0.3) is 0 Å². The molecule has 1 saturated heterocycles. The molecular weight excluding hydrogens is 334 g/mol. The first kappa shape index (κ1) is 18.4. The Hall–Kier alpha value is -1.93. The number of rotatable bonds is 5. The van der Waals surface area contributed by atoms with E-state index in [2.05, 4.69) is 0 Å². The average Bonchev–Trinajstić information content (AvgIpc) is 2.55. The van der Waals surface area contributed by atoms with Crippen molar-refractivity contribution in [1.82, 2.24) is 4.90 Å². The fourth-order valence-corrected chi connectivity index (χ4v) is 3.44. The van der Waals surface area contributed by atoms with Gasteiger partial charge in [0.05, 0.1) is 29.7 Å². The molecule has 1 aromatic carbocycles. The Morgan fingerprint density at radius 3 is 2.46 bits per heavy atom. The summed E-state index contributed by atoms with van der Waals surface area (Å²) >= 11 is 0. The van der Waals surface area contributed by atoms with Gasteiger partial charge in [0.2, 0.25) is 5.91 Å². The Morgan fingerprint density at radius 1 is 1.29 bits per heavy atom. The summed E-state index contributed by atoms with van der Waals surface area (Å²) in [4.78, 5) is 24.9. The molecule has 1 heterocycles. The largest absolute Gasteiger partial charge is 0.479 e. The number of carboxylic acid groups (broad SMARTS) is 1. The average molecular weight is 355 g/mol. The van der Waals surface area contributed by atoms with E-state index in [1.54, 1.807) is 26.0 Å². The zero-order valence-corrected chi connectivity index (χ0v) is 14.5. The highest BCUT2D eigenvalue weighted by Crippen LogP contribution is 2.17. The number of nitrogens with zero attached hydrogens (tertiary/aromatic N) is 1. The summed E-state index contributed by atoms with van der Waals surface area (Å²) in [6, 6.07) is 6.22. The number of amides is 1. The lowest BCUT2D eigenvalue weighted by molar-refractivity contribution is -0.159. The van der Waals surface area contributed by atoms with Crippen LogP contribution in [0.15, 0.2) is 29.2 Å². The van der Waals surface area contributed by atoms with E-state index in [0.29, 0.717) is 12.1 Å². The van der Waals surface area contributed by atoms with Gasteiger partial charge in [0.15, 0.2) is 15.9 Å². The summed E-state index contributed by atoms with van der Waals surface area (Å²) in [5.74, 6) is -1.29. The van der Waals surface area contributed by atoms with Gasteiger partial charge in [0, 0.05) is 6.54 Å². The Labute approximate surface area is 141 Å². The van der Waals surface area contributed by atoms with Gasteiger partial charge in [-0.3, -0.25) is 4.79 Å². The van der Waals surface area contributed by atoms with Crippen LogP contribution < -0.4 is 0 Å². The first-order valence-electron chi connectivity index (χ1n) is 7.67. The fourth-order valence-electron chi connectivity index (χ4n) is 2.38. The van der Waals surface area contributed by atoms with Crippen molar-refractivity contribution in [2.45, 2.75) is 36.5 Å². The fraction of sp³-hybridized carbons (Fsp3) is 0.500. The molecule has 0 bridgehead atoms. The molecule has 0 saturated carbocycles. The number of carbonyl (C=O) groups excluding carboxylic acids is 1. The number of hydrogen-bond donors (Lipinski definition) is 1. The summed E-state index contributed by atoms with van der Waals surface area (Å²) in [7, 11) is -3.34. The molecule has 1 aliphatic rings. The normalized spacial score (nSPS) is 18.6. The first-order valence-corrected chi connectivity index (χ1v) is 9.21. The van der Waals surface area contributed by atoms with Gasteiger partial charge in [-0.15, -0.1) is 0 Å². The van der Waals surface area contributed by atoms with E-state index in [1.807, 2.05) is 0 Å². The Balaban J connectivity index is 2.03. The Kier molecular flexibility index (Phi) is 5.61. The highest BCUT2D eigenvalue weighted by Gasteiger charge is 2.29. The molecule has 132 valence electrons. The van der Waals surface area contributed by atoms with Crippen molar-refractivity contribution in [2.24, 2.45) is 0 Å².